The van der Waals surface area contributed by atoms with E-state index in [1.807, 2.05) is 6.92 Å². The summed E-state index contributed by atoms with van der Waals surface area (Å²) in [5, 5.41) is 7.71. The molecule has 4 rings (SSSR count). The molecule has 0 saturated heterocycles. The molecule has 0 spiro atoms. The Morgan fingerprint density at radius 3 is 2.97 bits per heavy atom. The fraction of sp³-hybridized carbons (Fsp3) is 0.250. The van der Waals surface area contributed by atoms with Crippen LogP contribution in [0.1, 0.15) is 24.2 Å². The molecule has 9 heteroatoms. The number of halogens is 1. The third-order valence-electron chi connectivity index (χ3n) is 4.67. The van der Waals surface area contributed by atoms with Crippen molar-refractivity contribution in [3.63, 3.8) is 0 Å². The van der Waals surface area contributed by atoms with Crippen molar-refractivity contribution in [2.24, 2.45) is 16.2 Å². The number of rotatable bonds is 5. The van der Waals surface area contributed by atoms with E-state index in [1.54, 1.807) is 30.3 Å². The van der Waals surface area contributed by atoms with Crippen molar-refractivity contribution in [1.29, 1.82) is 0 Å². The second-order valence-electron chi connectivity index (χ2n) is 6.47. The number of ether oxygens (including phenoxy) is 3. The normalized spacial score (nSPS) is 19.8. The topological polar surface area (TPSA) is 90.7 Å². The summed E-state index contributed by atoms with van der Waals surface area (Å²) in [7, 11) is 1.53. The van der Waals surface area contributed by atoms with E-state index in [1.165, 1.54) is 19.4 Å². The highest BCUT2D eigenvalue weighted by molar-refractivity contribution is 6.39. The van der Waals surface area contributed by atoms with Gasteiger partial charge in [-0.05, 0) is 18.2 Å². The van der Waals surface area contributed by atoms with E-state index in [2.05, 4.69) is 15.7 Å². The Hall–Kier alpha value is -3.62. The summed E-state index contributed by atoms with van der Waals surface area (Å²) in [6.45, 7) is 1.92. The predicted octanol–water partition coefficient (Wildman–Crippen LogP) is 2.78. The summed E-state index contributed by atoms with van der Waals surface area (Å²) in [5.41, 5.74) is 3.52. The quantitative estimate of drug-likeness (QED) is 0.617. The molecule has 0 unspecified atom stereocenters. The third-order valence-corrected chi connectivity index (χ3v) is 4.67. The van der Waals surface area contributed by atoms with Crippen LogP contribution < -0.4 is 19.6 Å². The lowest BCUT2D eigenvalue weighted by atomic mass is 9.93. The number of amides is 1. The lowest BCUT2D eigenvalue weighted by molar-refractivity contribution is -0.115. The van der Waals surface area contributed by atoms with Gasteiger partial charge in [0.25, 0.3) is 5.91 Å². The molecule has 2 heterocycles. The average molecular weight is 399 g/mol. The third kappa shape index (κ3) is 3.58. The van der Waals surface area contributed by atoms with Gasteiger partial charge < -0.3 is 19.0 Å². The highest BCUT2D eigenvalue weighted by Gasteiger charge is 2.37. The van der Waals surface area contributed by atoms with E-state index >= 15 is 0 Å². The Bertz CT molecular complexity index is 1010. The summed E-state index contributed by atoms with van der Waals surface area (Å²) in [4.78, 5) is 17.9. The highest BCUT2D eigenvalue weighted by atomic mass is 19.1. The first-order chi connectivity index (χ1) is 14.1. The molecule has 8 nitrogen and oxygen atoms in total. The lowest BCUT2D eigenvalue weighted by Crippen LogP contribution is -2.31. The van der Waals surface area contributed by atoms with E-state index in [-0.39, 0.29) is 24.0 Å². The zero-order valence-corrected chi connectivity index (χ0v) is 15.7. The van der Waals surface area contributed by atoms with Gasteiger partial charge in [-0.1, -0.05) is 30.3 Å². The van der Waals surface area contributed by atoms with E-state index < -0.39 is 17.8 Å². The number of carbonyl (C=O) groups is 1. The van der Waals surface area contributed by atoms with Gasteiger partial charge in [-0.3, -0.25) is 4.79 Å². The van der Waals surface area contributed by atoms with Crippen molar-refractivity contribution >= 4 is 17.8 Å². The van der Waals surface area contributed by atoms with Gasteiger partial charge in [0.2, 0.25) is 12.5 Å². The van der Waals surface area contributed by atoms with Gasteiger partial charge in [-0.15, -0.1) is 0 Å². The van der Waals surface area contributed by atoms with Crippen LogP contribution in [-0.2, 0) is 9.63 Å². The Morgan fingerprint density at radius 1 is 1.34 bits per heavy atom. The summed E-state index contributed by atoms with van der Waals surface area (Å²) in [6, 6.07) is 9.65. The number of methoxy groups -OCH3 is 1. The first kappa shape index (κ1) is 18.7. The molecule has 0 aliphatic carbocycles. The minimum atomic E-state index is -0.528. The number of fused-ring (bicyclic) bond motifs is 1. The van der Waals surface area contributed by atoms with Crippen molar-refractivity contribution in [2.75, 3.05) is 13.9 Å². The molecule has 2 aliphatic rings. The van der Waals surface area contributed by atoms with E-state index in [0.717, 1.165) is 5.56 Å². The standard InChI is InChI=1S/C20H18FN3O5/c1-11-17(20(25)23-22-9-12-5-3-4-6-14(12)21)24-29-18(11)13-7-15(26-2)19-16(8-13)27-10-28-19/h3-9,11,18H,10H2,1-2H3,(H,23,25)/b22-9-/t11-,18+/m1/s1. The molecule has 29 heavy (non-hydrogen) atoms. The van der Waals surface area contributed by atoms with Crippen LogP contribution in [0.15, 0.2) is 46.7 Å². The molecule has 2 aliphatic heterocycles. The van der Waals surface area contributed by atoms with E-state index in [9.17, 15) is 9.18 Å². The monoisotopic (exact) mass is 399 g/mol. The van der Waals surface area contributed by atoms with Gasteiger partial charge in [0.15, 0.2) is 23.3 Å². The molecule has 0 fully saturated rings. The molecular weight excluding hydrogens is 381 g/mol. The second-order valence-corrected chi connectivity index (χ2v) is 6.47. The fourth-order valence-electron chi connectivity index (χ4n) is 3.14. The van der Waals surface area contributed by atoms with Crippen LogP contribution in [0.3, 0.4) is 0 Å². The van der Waals surface area contributed by atoms with Crippen LogP contribution in [0, 0.1) is 11.7 Å². The second kappa shape index (κ2) is 7.78. The van der Waals surface area contributed by atoms with Gasteiger partial charge in [-0.2, -0.15) is 5.10 Å². The molecule has 0 radical (unpaired) electrons. The van der Waals surface area contributed by atoms with E-state index in [0.29, 0.717) is 17.2 Å². The van der Waals surface area contributed by atoms with Crippen molar-refractivity contribution < 1.29 is 28.2 Å². The summed E-state index contributed by atoms with van der Waals surface area (Å²) in [5.74, 6) is 0.269. The van der Waals surface area contributed by atoms with Crippen LogP contribution in [0.2, 0.25) is 0 Å². The minimum Gasteiger partial charge on any atom is -0.493 e. The van der Waals surface area contributed by atoms with Crippen molar-refractivity contribution in [2.45, 2.75) is 13.0 Å². The van der Waals surface area contributed by atoms with E-state index in [4.69, 9.17) is 19.0 Å². The van der Waals surface area contributed by atoms with Crippen LogP contribution in [0.4, 0.5) is 4.39 Å². The van der Waals surface area contributed by atoms with Crippen molar-refractivity contribution in [1.82, 2.24) is 5.43 Å². The number of nitrogens with zero attached hydrogens (tertiary/aromatic N) is 2. The molecule has 2 aromatic rings. The van der Waals surface area contributed by atoms with Crippen LogP contribution in [0.25, 0.3) is 0 Å². The molecule has 2 aromatic carbocycles. The zero-order chi connectivity index (χ0) is 20.4. The summed E-state index contributed by atoms with van der Waals surface area (Å²) >= 11 is 0. The largest absolute Gasteiger partial charge is 0.493 e. The SMILES string of the molecule is COc1cc([C@H]2ON=C(C(=O)N/N=C\c3ccccc3F)[C@H]2C)cc2c1OCO2. The van der Waals surface area contributed by atoms with Crippen LogP contribution in [-0.4, -0.2) is 31.7 Å². The number of benzene rings is 2. The molecule has 1 amide bonds. The maximum absolute atomic E-state index is 13.6. The maximum Gasteiger partial charge on any atom is 0.289 e. The van der Waals surface area contributed by atoms with Gasteiger partial charge in [0, 0.05) is 11.1 Å². The number of hydrazone groups is 1. The molecule has 1 N–H and O–H groups in total. The number of hydrogen-bond acceptors (Lipinski definition) is 7. The first-order valence-electron chi connectivity index (χ1n) is 8.87. The molecular formula is C20H18FN3O5. The Kier molecular flexibility index (Phi) is 5.03. The summed E-state index contributed by atoms with van der Waals surface area (Å²) < 4.78 is 29.8. The molecule has 2 atom stereocenters. The first-order valence-corrected chi connectivity index (χ1v) is 8.87. The minimum absolute atomic E-state index is 0.112. The number of carbonyl (C=O) groups excluding carboxylic acids is 1. The number of oxime groups is 1. The maximum atomic E-state index is 13.6. The Labute approximate surface area is 165 Å². The Morgan fingerprint density at radius 2 is 2.17 bits per heavy atom. The van der Waals surface area contributed by atoms with Gasteiger partial charge in [0.1, 0.15) is 5.82 Å². The Balaban J connectivity index is 1.45. The van der Waals surface area contributed by atoms with Gasteiger partial charge in [0.05, 0.1) is 19.2 Å². The van der Waals surface area contributed by atoms with Gasteiger partial charge in [-0.25, -0.2) is 9.82 Å². The summed E-state index contributed by atoms with van der Waals surface area (Å²) in [6.07, 6.45) is 0.726. The molecule has 0 bridgehead atoms. The smallest absolute Gasteiger partial charge is 0.289 e. The number of nitrogens with one attached hydrogen (secondary N) is 1. The fourth-order valence-corrected chi connectivity index (χ4v) is 3.14. The number of hydrogen-bond donors (Lipinski definition) is 1. The van der Waals surface area contributed by atoms with Crippen LogP contribution >= 0.6 is 0 Å². The van der Waals surface area contributed by atoms with Crippen LogP contribution in [0.5, 0.6) is 17.2 Å². The zero-order valence-electron chi connectivity index (χ0n) is 15.7. The van der Waals surface area contributed by atoms with Gasteiger partial charge >= 0.3 is 0 Å². The lowest BCUT2D eigenvalue weighted by Gasteiger charge is -2.16. The average Bonchev–Trinajstić information content (AvgIpc) is 3.35. The van der Waals surface area contributed by atoms with Crippen molar-refractivity contribution in [3.05, 3.63) is 53.3 Å². The molecule has 0 aromatic heterocycles. The molecule has 0 saturated carbocycles. The molecule has 150 valence electrons. The van der Waals surface area contributed by atoms with Crippen molar-refractivity contribution in [3.8, 4) is 17.2 Å². The highest BCUT2D eigenvalue weighted by Crippen LogP contribution is 2.45. The predicted molar refractivity (Wildman–Crippen MR) is 102 cm³/mol.